The van der Waals surface area contributed by atoms with Crippen molar-refractivity contribution in [1.29, 1.82) is 0 Å². The summed E-state index contributed by atoms with van der Waals surface area (Å²) in [5, 5.41) is 9.17. The molecule has 196 valence electrons. The lowest BCUT2D eigenvalue weighted by Gasteiger charge is -2.27. The van der Waals surface area contributed by atoms with E-state index >= 15 is 0 Å². The Balaban J connectivity index is 4.98. The van der Waals surface area contributed by atoms with Crippen molar-refractivity contribution in [1.82, 2.24) is 0 Å². The summed E-state index contributed by atoms with van der Waals surface area (Å²) < 4.78 is 29.5. The second-order valence-electron chi connectivity index (χ2n) is 7.45. The second-order valence-corrected chi connectivity index (χ2v) is 7.45. The summed E-state index contributed by atoms with van der Waals surface area (Å²) >= 11 is 0. The largest absolute Gasteiger partial charge is 0.508 e. The van der Waals surface area contributed by atoms with Gasteiger partial charge in [-0.15, -0.1) is 0 Å². The van der Waals surface area contributed by atoms with Crippen LogP contribution in [0.4, 0.5) is 4.79 Å². The number of aliphatic imine (C=N–C) groups is 1. The maximum Gasteiger partial charge on any atom is 0.508 e. The fourth-order valence-electron chi connectivity index (χ4n) is 2.06. The van der Waals surface area contributed by atoms with Crippen molar-refractivity contribution < 1.29 is 52.7 Å². The molecule has 0 radical (unpaired) electrons. The molecule has 0 fully saturated rings. The number of esters is 3. The van der Waals surface area contributed by atoms with Gasteiger partial charge >= 0.3 is 24.1 Å². The number of hydrogen-bond donors (Lipinski definition) is 3. The molecule has 14 nitrogen and oxygen atoms in total. The van der Waals surface area contributed by atoms with Crippen molar-refractivity contribution in [3.05, 3.63) is 0 Å². The van der Waals surface area contributed by atoms with Crippen LogP contribution in [0.15, 0.2) is 4.99 Å². The lowest BCUT2D eigenvalue weighted by Crippen LogP contribution is -2.42. The number of nitrogens with zero attached hydrogens (tertiary/aromatic N) is 1. The first kappa shape index (κ1) is 30.9. The molecule has 0 amide bonds. The molecule has 5 N–H and O–H groups in total. The van der Waals surface area contributed by atoms with Crippen LogP contribution in [0.2, 0.25) is 0 Å². The van der Waals surface area contributed by atoms with Crippen LogP contribution in [0.5, 0.6) is 0 Å². The SMILES string of the molecule is COCCOC(=O)OCC(C)(COC(=O)[C@H](C)OC(=O)[C@H](C)O)C(=O)OCCCCN=C(N)N. The first-order chi connectivity index (χ1) is 15.9. The Bertz CT molecular complexity index is 695. The molecule has 34 heavy (non-hydrogen) atoms. The van der Waals surface area contributed by atoms with Crippen molar-refractivity contribution in [2.45, 2.75) is 45.8 Å². The van der Waals surface area contributed by atoms with Crippen LogP contribution < -0.4 is 11.5 Å². The number of hydrogen-bond acceptors (Lipinski definition) is 12. The van der Waals surface area contributed by atoms with E-state index in [0.717, 1.165) is 0 Å². The lowest BCUT2D eigenvalue weighted by molar-refractivity contribution is -0.177. The quantitative estimate of drug-likeness (QED) is 0.0795. The molecule has 0 aliphatic rings. The van der Waals surface area contributed by atoms with Crippen LogP contribution in [0.1, 0.15) is 33.6 Å². The monoisotopic (exact) mass is 493 g/mol. The maximum atomic E-state index is 12.7. The highest BCUT2D eigenvalue weighted by molar-refractivity contribution is 5.81. The summed E-state index contributed by atoms with van der Waals surface area (Å²) in [6, 6.07) is 0. The van der Waals surface area contributed by atoms with E-state index in [-0.39, 0.29) is 25.8 Å². The van der Waals surface area contributed by atoms with Gasteiger partial charge in [-0.05, 0) is 33.6 Å². The Morgan fingerprint density at radius 1 is 0.912 bits per heavy atom. The molecule has 0 aromatic heterocycles. The van der Waals surface area contributed by atoms with Crippen molar-refractivity contribution >= 4 is 30.0 Å². The summed E-state index contributed by atoms with van der Waals surface area (Å²) in [5.74, 6) is -2.85. The minimum Gasteiger partial charge on any atom is -0.465 e. The maximum absolute atomic E-state index is 12.7. The molecule has 0 heterocycles. The van der Waals surface area contributed by atoms with Gasteiger partial charge in [-0.1, -0.05) is 0 Å². The molecular weight excluding hydrogens is 458 g/mol. The van der Waals surface area contributed by atoms with Gasteiger partial charge in [-0.25, -0.2) is 14.4 Å². The van der Waals surface area contributed by atoms with Gasteiger partial charge in [0.1, 0.15) is 31.3 Å². The number of carbonyl (C=O) groups excluding carboxylic acids is 4. The van der Waals surface area contributed by atoms with E-state index in [1.165, 1.54) is 27.9 Å². The number of guanidine groups is 1. The summed E-state index contributed by atoms with van der Waals surface area (Å²) in [7, 11) is 1.42. The molecule has 0 spiro atoms. The fraction of sp³-hybridized carbons (Fsp3) is 0.750. The third-order valence-electron chi connectivity index (χ3n) is 4.09. The van der Waals surface area contributed by atoms with Crippen LogP contribution in [0.3, 0.4) is 0 Å². The van der Waals surface area contributed by atoms with Gasteiger partial charge in [-0.3, -0.25) is 9.79 Å². The fourth-order valence-corrected chi connectivity index (χ4v) is 2.06. The van der Waals surface area contributed by atoms with Crippen LogP contribution in [-0.4, -0.2) is 94.0 Å². The zero-order valence-corrected chi connectivity index (χ0v) is 19.9. The summed E-state index contributed by atoms with van der Waals surface area (Å²) in [5.41, 5.74) is 8.87. The van der Waals surface area contributed by atoms with Gasteiger partial charge in [0.2, 0.25) is 0 Å². The van der Waals surface area contributed by atoms with Crippen molar-refractivity contribution in [2.75, 3.05) is 46.7 Å². The van der Waals surface area contributed by atoms with E-state index < -0.39 is 54.9 Å². The van der Waals surface area contributed by atoms with Gasteiger partial charge in [0.15, 0.2) is 12.1 Å². The minimum atomic E-state index is -1.59. The molecule has 0 aromatic carbocycles. The number of carbonyl (C=O) groups is 4. The molecular formula is C20H35N3O11. The summed E-state index contributed by atoms with van der Waals surface area (Å²) in [6.07, 6.45) is -2.84. The molecule has 0 rings (SSSR count). The smallest absolute Gasteiger partial charge is 0.465 e. The number of aliphatic hydroxyl groups is 1. The Hall–Kier alpha value is -3.13. The first-order valence-corrected chi connectivity index (χ1v) is 10.5. The molecule has 14 heteroatoms. The van der Waals surface area contributed by atoms with Gasteiger partial charge in [-0.2, -0.15) is 0 Å². The minimum absolute atomic E-state index is 0.0169. The van der Waals surface area contributed by atoms with E-state index in [2.05, 4.69) is 4.99 Å². The average molecular weight is 494 g/mol. The molecule has 0 aromatic rings. The van der Waals surface area contributed by atoms with E-state index in [0.29, 0.717) is 19.4 Å². The lowest BCUT2D eigenvalue weighted by atomic mass is 9.93. The number of nitrogens with two attached hydrogens (primary N) is 2. The van der Waals surface area contributed by atoms with Crippen molar-refractivity contribution in [3.63, 3.8) is 0 Å². The van der Waals surface area contributed by atoms with Gasteiger partial charge in [0.05, 0.1) is 13.2 Å². The highest BCUT2D eigenvalue weighted by Gasteiger charge is 2.39. The predicted octanol–water partition coefficient (Wildman–Crippen LogP) is -0.755. The average Bonchev–Trinajstić information content (AvgIpc) is 2.77. The number of unbranched alkanes of at least 4 members (excludes halogenated alkanes) is 1. The molecule has 0 saturated carbocycles. The van der Waals surface area contributed by atoms with E-state index in [1.807, 2.05) is 0 Å². The van der Waals surface area contributed by atoms with E-state index in [9.17, 15) is 24.3 Å². The number of ether oxygens (including phenoxy) is 6. The Morgan fingerprint density at radius 2 is 1.56 bits per heavy atom. The number of methoxy groups -OCH3 is 1. The van der Waals surface area contributed by atoms with Gasteiger partial charge < -0.3 is 45.0 Å². The summed E-state index contributed by atoms with van der Waals surface area (Å²) in [6.45, 7) is 3.14. The van der Waals surface area contributed by atoms with Crippen LogP contribution in [-0.2, 0) is 42.8 Å². The highest BCUT2D eigenvalue weighted by atomic mass is 16.7. The Kier molecular flexibility index (Phi) is 15.0. The predicted molar refractivity (Wildman–Crippen MR) is 116 cm³/mol. The van der Waals surface area contributed by atoms with E-state index in [1.54, 1.807) is 0 Å². The zero-order chi connectivity index (χ0) is 26.1. The molecule has 0 bridgehead atoms. The van der Waals surface area contributed by atoms with Crippen molar-refractivity contribution in [2.24, 2.45) is 21.9 Å². The Morgan fingerprint density at radius 3 is 2.15 bits per heavy atom. The normalized spacial score (nSPS) is 14.0. The number of rotatable bonds is 16. The molecule has 0 saturated heterocycles. The van der Waals surface area contributed by atoms with Gasteiger partial charge in [0, 0.05) is 13.7 Å². The molecule has 1 unspecified atom stereocenters. The third kappa shape index (κ3) is 13.4. The molecule has 0 aliphatic carbocycles. The van der Waals surface area contributed by atoms with Crippen LogP contribution in [0.25, 0.3) is 0 Å². The molecule has 0 aliphatic heterocycles. The summed E-state index contributed by atoms with van der Waals surface area (Å²) in [4.78, 5) is 51.8. The van der Waals surface area contributed by atoms with Gasteiger partial charge in [0.25, 0.3) is 0 Å². The highest BCUT2D eigenvalue weighted by Crippen LogP contribution is 2.21. The second kappa shape index (κ2) is 16.5. The van der Waals surface area contributed by atoms with E-state index in [4.69, 9.17) is 39.9 Å². The Labute approximate surface area is 197 Å². The zero-order valence-electron chi connectivity index (χ0n) is 19.9. The standard InChI is InChI=1S/C20H35N3O11/c1-13(24)15(25)34-14(2)16(26)32-11-20(3,12-33-19(28)31-10-9-29-4)17(27)30-8-6-5-7-23-18(21)22/h13-14,24H,5-12H2,1-4H3,(H4,21,22,23)/t13-,14-,20?/m0/s1. The number of aliphatic hydroxyl groups excluding tert-OH is 1. The first-order valence-electron chi connectivity index (χ1n) is 10.5. The van der Waals surface area contributed by atoms with Crippen LogP contribution in [0, 0.1) is 5.41 Å². The van der Waals surface area contributed by atoms with Crippen LogP contribution >= 0.6 is 0 Å². The molecule has 3 atom stereocenters. The van der Waals surface area contributed by atoms with Crippen molar-refractivity contribution in [3.8, 4) is 0 Å². The topological polar surface area (TPSA) is 208 Å². The third-order valence-corrected chi connectivity index (χ3v) is 4.09.